The monoisotopic (exact) mass is 418 g/mol. The van der Waals surface area contributed by atoms with Crippen LogP contribution in [0.5, 0.6) is 11.6 Å². The molecule has 4 aromatic rings. The van der Waals surface area contributed by atoms with Gasteiger partial charge in [-0.25, -0.2) is 19.7 Å². The van der Waals surface area contributed by atoms with Crippen LogP contribution in [0.3, 0.4) is 0 Å². The van der Waals surface area contributed by atoms with Gasteiger partial charge in [0.25, 0.3) is 0 Å². The van der Waals surface area contributed by atoms with Crippen molar-refractivity contribution in [3.8, 4) is 11.6 Å². The number of ether oxygens (including phenoxy) is 1. The van der Waals surface area contributed by atoms with Crippen molar-refractivity contribution >= 4 is 17.0 Å². The average Bonchev–Trinajstić information content (AvgIpc) is 3.07. The molecule has 0 atom stereocenters. The molecule has 0 radical (unpaired) electrons. The fourth-order valence-electron chi connectivity index (χ4n) is 3.48. The van der Waals surface area contributed by atoms with Crippen molar-refractivity contribution in [1.29, 1.82) is 0 Å². The molecule has 3 heterocycles. The zero-order valence-electron chi connectivity index (χ0n) is 17.8. The van der Waals surface area contributed by atoms with Gasteiger partial charge in [-0.1, -0.05) is 38.0 Å². The minimum absolute atomic E-state index is 0.261. The fraction of sp³-hybridized carbons (Fsp3) is 0.304. The predicted octanol–water partition coefficient (Wildman–Crippen LogP) is 3.98. The van der Waals surface area contributed by atoms with Crippen LogP contribution in [0.2, 0.25) is 0 Å². The summed E-state index contributed by atoms with van der Waals surface area (Å²) in [6.07, 6.45) is 6.46. The number of fused-ring (bicyclic) bond motifs is 1. The Morgan fingerprint density at radius 1 is 1.06 bits per heavy atom. The summed E-state index contributed by atoms with van der Waals surface area (Å²) in [5.41, 5.74) is 8.69. The fourth-order valence-corrected chi connectivity index (χ4v) is 3.48. The van der Waals surface area contributed by atoms with E-state index < -0.39 is 0 Å². The van der Waals surface area contributed by atoms with Gasteiger partial charge in [0.05, 0.1) is 6.54 Å². The normalized spacial score (nSPS) is 11.2. The van der Waals surface area contributed by atoms with E-state index in [4.69, 9.17) is 10.5 Å². The molecule has 31 heavy (non-hydrogen) atoms. The Labute approximate surface area is 180 Å². The molecule has 0 saturated heterocycles. The van der Waals surface area contributed by atoms with Crippen LogP contribution in [0.25, 0.3) is 11.2 Å². The summed E-state index contributed by atoms with van der Waals surface area (Å²) >= 11 is 0. The summed E-state index contributed by atoms with van der Waals surface area (Å²) in [6.45, 7) is 4.26. The van der Waals surface area contributed by atoms with Gasteiger partial charge in [0.15, 0.2) is 11.5 Å². The predicted molar refractivity (Wildman–Crippen MR) is 120 cm³/mol. The number of H-pyrrole nitrogens is 1. The Hall–Kier alpha value is -3.68. The van der Waals surface area contributed by atoms with Crippen molar-refractivity contribution in [3.05, 3.63) is 70.0 Å². The highest BCUT2D eigenvalue weighted by molar-refractivity contribution is 5.81. The van der Waals surface area contributed by atoms with E-state index in [0.29, 0.717) is 29.4 Å². The quantitative estimate of drug-likeness (QED) is 0.419. The van der Waals surface area contributed by atoms with Gasteiger partial charge in [-0.05, 0) is 43.0 Å². The molecule has 0 spiro atoms. The van der Waals surface area contributed by atoms with E-state index in [2.05, 4.69) is 39.0 Å². The van der Waals surface area contributed by atoms with Crippen LogP contribution in [0.15, 0.2) is 47.4 Å². The molecule has 1 aromatic carbocycles. The van der Waals surface area contributed by atoms with Gasteiger partial charge in [0, 0.05) is 12.3 Å². The summed E-state index contributed by atoms with van der Waals surface area (Å²) in [7, 11) is 0. The van der Waals surface area contributed by atoms with Crippen molar-refractivity contribution < 1.29 is 4.74 Å². The largest absolute Gasteiger partial charge is 0.439 e. The smallest absolute Gasteiger partial charge is 0.328 e. The van der Waals surface area contributed by atoms with Gasteiger partial charge < -0.3 is 15.5 Å². The third kappa shape index (κ3) is 4.74. The van der Waals surface area contributed by atoms with Crippen LogP contribution in [-0.4, -0.2) is 24.5 Å². The van der Waals surface area contributed by atoms with Crippen LogP contribution >= 0.6 is 0 Å². The third-order valence-corrected chi connectivity index (χ3v) is 5.12. The lowest BCUT2D eigenvalue weighted by Crippen LogP contribution is -2.18. The lowest BCUT2D eigenvalue weighted by Gasteiger charge is -2.08. The summed E-state index contributed by atoms with van der Waals surface area (Å²) in [5.74, 6) is 2.01. The maximum absolute atomic E-state index is 12.4. The second-order valence-corrected chi connectivity index (χ2v) is 7.58. The molecule has 3 N–H and O–H groups in total. The second kappa shape index (κ2) is 8.99. The average molecular weight is 419 g/mol. The standard InChI is InChI=1S/C23H26N6O2/c1-3-4-5-6-16-7-10-18(11-8-16)31-19-12-9-17(13-25-19)14-29-22-20(28-23(29)30)21(24)26-15(2)27-22/h7-13H,3-6,14H2,1-2H3,(H,28,30)(H2,24,26,27). The van der Waals surface area contributed by atoms with Crippen LogP contribution in [0.1, 0.15) is 43.1 Å². The molecule has 0 aliphatic rings. The van der Waals surface area contributed by atoms with Crippen molar-refractivity contribution in [1.82, 2.24) is 24.5 Å². The Kier molecular flexibility index (Phi) is 5.97. The van der Waals surface area contributed by atoms with Crippen molar-refractivity contribution in [2.45, 2.75) is 46.1 Å². The molecule has 0 amide bonds. The van der Waals surface area contributed by atoms with E-state index in [-0.39, 0.29) is 11.5 Å². The van der Waals surface area contributed by atoms with Crippen LogP contribution in [0, 0.1) is 6.92 Å². The number of pyridine rings is 1. The molecule has 8 nitrogen and oxygen atoms in total. The topological polar surface area (TPSA) is 112 Å². The van der Waals surface area contributed by atoms with Gasteiger partial charge in [-0.2, -0.15) is 0 Å². The summed E-state index contributed by atoms with van der Waals surface area (Å²) in [5, 5.41) is 0. The lowest BCUT2D eigenvalue weighted by atomic mass is 10.1. The zero-order valence-corrected chi connectivity index (χ0v) is 17.8. The Balaban J connectivity index is 1.45. The Bertz CT molecular complexity index is 1230. The van der Waals surface area contributed by atoms with Crippen molar-refractivity contribution in [3.63, 3.8) is 0 Å². The first-order valence-corrected chi connectivity index (χ1v) is 10.5. The van der Waals surface area contributed by atoms with Crippen LogP contribution in [-0.2, 0) is 13.0 Å². The first kappa shape index (κ1) is 20.6. The molecule has 0 aliphatic heterocycles. The number of imidazole rings is 1. The molecule has 0 bridgehead atoms. The molecule has 8 heteroatoms. The van der Waals surface area contributed by atoms with E-state index in [1.54, 1.807) is 19.2 Å². The number of nitrogen functional groups attached to an aromatic ring is 1. The number of hydrogen-bond donors (Lipinski definition) is 2. The molecule has 0 saturated carbocycles. The summed E-state index contributed by atoms with van der Waals surface area (Å²) in [4.78, 5) is 27.9. The number of aryl methyl sites for hydroxylation is 2. The number of anilines is 1. The number of aromatic amines is 1. The molecular formula is C23H26N6O2. The minimum Gasteiger partial charge on any atom is -0.439 e. The SMILES string of the molecule is CCCCCc1ccc(Oc2ccc(Cn3c(=O)[nH]c4c(N)nc(C)nc43)cn2)cc1. The Morgan fingerprint density at radius 2 is 1.84 bits per heavy atom. The number of benzene rings is 1. The molecule has 0 unspecified atom stereocenters. The van der Waals surface area contributed by atoms with Crippen molar-refractivity contribution in [2.75, 3.05) is 5.73 Å². The number of hydrogen-bond acceptors (Lipinski definition) is 6. The van der Waals surface area contributed by atoms with Gasteiger partial charge >= 0.3 is 5.69 Å². The van der Waals surface area contributed by atoms with E-state index in [1.807, 2.05) is 18.2 Å². The highest BCUT2D eigenvalue weighted by Crippen LogP contribution is 2.21. The molecule has 0 fully saturated rings. The van der Waals surface area contributed by atoms with Gasteiger partial charge in [-0.3, -0.25) is 4.57 Å². The van der Waals surface area contributed by atoms with E-state index in [1.165, 1.54) is 29.4 Å². The van der Waals surface area contributed by atoms with Crippen LogP contribution < -0.4 is 16.2 Å². The Morgan fingerprint density at radius 3 is 2.55 bits per heavy atom. The first-order chi connectivity index (χ1) is 15.0. The van der Waals surface area contributed by atoms with E-state index in [0.717, 1.165) is 17.7 Å². The first-order valence-electron chi connectivity index (χ1n) is 10.5. The number of aromatic nitrogens is 5. The number of nitrogens with one attached hydrogen (secondary N) is 1. The highest BCUT2D eigenvalue weighted by atomic mass is 16.5. The summed E-state index contributed by atoms with van der Waals surface area (Å²) in [6, 6.07) is 11.8. The number of nitrogens with two attached hydrogens (primary N) is 1. The lowest BCUT2D eigenvalue weighted by molar-refractivity contribution is 0.462. The van der Waals surface area contributed by atoms with Gasteiger partial charge in [0.1, 0.15) is 17.1 Å². The van der Waals surface area contributed by atoms with E-state index in [9.17, 15) is 4.79 Å². The molecule has 160 valence electrons. The maximum Gasteiger partial charge on any atom is 0.328 e. The number of rotatable bonds is 8. The molecule has 4 rings (SSSR count). The minimum atomic E-state index is -0.291. The van der Waals surface area contributed by atoms with Crippen LogP contribution in [0.4, 0.5) is 5.82 Å². The highest BCUT2D eigenvalue weighted by Gasteiger charge is 2.13. The molecular weight excluding hydrogens is 392 g/mol. The van der Waals surface area contributed by atoms with Crippen molar-refractivity contribution in [2.24, 2.45) is 0 Å². The van der Waals surface area contributed by atoms with E-state index >= 15 is 0 Å². The number of nitrogens with zero attached hydrogens (tertiary/aromatic N) is 4. The second-order valence-electron chi connectivity index (χ2n) is 7.58. The maximum atomic E-state index is 12.4. The zero-order chi connectivity index (χ0) is 21.8. The third-order valence-electron chi connectivity index (χ3n) is 5.12. The van der Waals surface area contributed by atoms with Gasteiger partial charge in [-0.15, -0.1) is 0 Å². The molecule has 0 aliphatic carbocycles. The molecule has 3 aromatic heterocycles. The van der Waals surface area contributed by atoms with Gasteiger partial charge in [0.2, 0.25) is 5.88 Å². The number of unbranched alkanes of at least 4 members (excludes halogenated alkanes) is 2. The summed E-state index contributed by atoms with van der Waals surface area (Å²) < 4.78 is 7.37.